The van der Waals surface area contributed by atoms with E-state index in [1.807, 2.05) is 19.1 Å². The summed E-state index contributed by atoms with van der Waals surface area (Å²) in [4.78, 5) is 18.9. The van der Waals surface area contributed by atoms with Crippen molar-refractivity contribution in [3.8, 4) is 17.2 Å². The molecule has 1 aromatic rings. The number of nitrogens with zero attached hydrogens (tertiary/aromatic N) is 2. The van der Waals surface area contributed by atoms with Crippen molar-refractivity contribution in [3.05, 3.63) is 17.7 Å². The lowest BCUT2D eigenvalue weighted by Gasteiger charge is -2.21. The van der Waals surface area contributed by atoms with Crippen molar-refractivity contribution in [2.75, 3.05) is 54.6 Å². The van der Waals surface area contributed by atoms with Gasteiger partial charge in [-0.3, -0.25) is 9.79 Å². The molecule has 1 aliphatic heterocycles. The van der Waals surface area contributed by atoms with Gasteiger partial charge in [0.2, 0.25) is 0 Å². The Morgan fingerprint density at radius 1 is 1.14 bits per heavy atom. The van der Waals surface area contributed by atoms with Crippen LogP contribution in [0, 0.1) is 11.8 Å². The second-order valence-corrected chi connectivity index (χ2v) is 7.01. The minimum Gasteiger partial charge on any atom is -0.496 e. The molecule has 1 aliphatic rings. The maximum atomic E-state index is 12.0. The number of carbonyl (C=O) groups excluding carboxylic acids is 1. The first kappa shape index (κ1) is 22.6. The Balaban J connectivity index is 2.15. The molecule has 162 valence electrons. The number of esters is 1. The van der Waals surface area contributed by atoms with E-state index in [9.17, 15) is 4.79 Å². The molecule has 1 N–H and O–H groups in total. The van der Waals surface area contributed by atoms with Crippen LogP contribution in [0.4, 0.5) is 0 Å². The fourth-order valence-electron chi connectivity index (χ4n) is 3.62. The van der Waals surface area contributed by atoms with E-state index in [2.05, 4.69) is 17.1 Å². The van der Waals surface area contributed by atoms with E-state index in [1.165, 1.54) is 7.11 Å². The van der Waals surface area contributed by atoms with Crippen LogP contribution in [-0.2, 0) is 16.0 Å². The SMILES string of the molecule is CCNC(=NCCc1c(OC)cc(OC)cc1OC)N1CC(C)C(C(=O)OC)C1. The zero-order valence-corrected chi connectivity index (χ0v) is 18.3. The summed E-state index contributed by atoms with van der Waals surface area (Å²) in [5.74, 6) is 2.82. The summed E-state index contributed by atoms with van der Waals surface area (Å²) in [6, 6.07) is 3.69. The monoisotopic (exact) mass is 407 g/mol. The van der Waals surface area contributed by atoms with Crippen molar-refractivity contribution < 1.29 is 23.7 Å². The van der Waals surface area contributed by atoms with Gasteiger partial charge in [0.15, 0.2) is 5.96 Å². The van der Waals surface area contributed by atoms with E-state index >= 15 is 0 Å². The molecule has 0 spiro atoms. The first-order valence-corrected chi connectivity index (χ1v) is 9.88. The maximum absolute atomic E-state index is 12.0. The first-order chi connectivity index (χ1) is 14.0. The number of carbonyl (C=O) groups is 1. The number of rotatable bonds is 8. The molecule has 2 rings (SSSR count). The molecule has 1 heterocycles. The topological polar surface area (TPSA) is 81.6 Å². The van der Waals surface area contributed by atoms with Gasteiger partial charge in [-0.25, -0.2) is 0 Å². The van der Waals surface area contributed by atoms with Gasteiger partial charge >= 0.3 is 5.97 Å². The van der Waals surface area contributed by atoms with E-state index in [4.69, 9.17) is 23.9 Å². The number of likely N-dealkylation sites (tertiary alicyclic amines) is 1. The van der Waals surface area contributed by atoms with E-state index in [1.54, 1.807) is 21.3 Å². The number of methoxy groups -OCH3 is 4. The lowest BCUT2D eigenvalue weighted by molar-refractivity contribution is -0.145. The van der Waals surface area contributed by atoms with Crippen LogP contribution in [0.1, 0.15) is 19.4 Å². The van der Waals surface area contributed by atoms with Gasteiger partial charge in [-0.15, -0.1) is 0 Å². The molecular formula is C21H33N3O5. The average molecular weight is 408 g/mol. The zero-order chi connectivity index (χ0) is 21.4. The maximum Gasteiger partial charge on any atom is 0.310 e. The Bertz CT molecular complexity index is 697. The number of nitrogens with one attached hydrogen (secondary N) is 1. The third kappa shape index (κ3) is 5.46. The van der Waals surface area contributed by atoms with Crippen molar-refractivity contribution in [2.45, 2.75) is 20.3 Å². The smallest absolute Gasteiger partial charge is 0.310 e. The van der Waals surface area contributed by atoms with Crippen LogP contribution in [0.3, 0.4) is 0 Å². The molecule has 8 nitrogen and oxygen atoms in total. The Labute approximate surface area is 173 Å². The highest BCUT2D eigenvalue weighted by Gasteiger charge is 2.36. The molecule has 8 heteroatoms. The van der Waals surface area contributed by atoms with Crippen molar-refractivity contribution >= 4 is 11.9 Å². The molecule has 2 atom stereocenters. The number of hydrogen-bond acceptors (Lipinski definition) is 6. The quantitative estimate of drug-likeness (QED) is 0.401. The third-order valence-electron chi connectivity index (χ3n) is 5.19. The van der Waals surface area contributed by atoms with Crippen LogP contribution in [-0.4, -0.2) is 71.4 Å². The predicted octanol–water partition coefficient (Wildman–Crippen LogP) is 1.96. The summed E-state index contributed by atoms with van der Waals surface area (Å²) < 4.78 is 21.3. The summed E-state index contributed by atoms with van der Waals surface area (Å²) in [5.41, 5.74) is 0.942. The van der Waals surface area contributed by atoms with Gasteiger partial charge in [-0.2, -0.15) is 0 Å². The number of benzene rings is 1. The second-order valence-electron chi connectivity index (χ2n) is 7.01. The van der Waals surface area contributed by atoms with Crippen LogP contribution in [0.15, 0.2) is 17.1 Å². The van der Waals surface area contributed by atoms with Crippen LogP contribution in [0.2, 0.25) is 0 Å². The van der Waals surface area contributed by atoms with Crippen molar-refractivity contribution in [1.82, 2.24) is 10.2 Å². The van der Waals surface area contributed by atoms with Gasteiger partial charge in [0, 0.05) is 43.9 Å². The summed E-state index contributed by atoms with van der Waals surface area (Å²) in [6.07, 6.45) is 0.648. The highest BCUT2D eigenvalue weighted by Crippen LogP contribution is 2.34. The standard InChI is InChI=1S/C21H33N3O5/c1-7-22-21(24-12-14(2)17(13-24)20(25)29-6)23-9-8-16-18(27-4)10-15(26-3)11-19(16)28-5/h10-11,14,17H,7-9,12-13H2,1-6H3,(H,22,23). The number of aliphatic imine (C=N–C) groups is 1. The Kier molecular flexibility index (Phi) is 8.42. The largest absolute Gasteiger partial charge is 0.496 e. The Morgan fingerprint density at radius 3 is 2.31 bits per heavy atom. The minimum atomic E-state index is -0.163. The zero-order valence-electron chi connectivity index (χ0n) is 18.3. The Hall–Kier alpha value is -2.64. The highest BCUT2D eigenvalue weighted by atomic mass is 16.5. The van der Waals surface area contributed by atoms with E-state index < -0.39 is 0 Å². The number of hydrogen-bond donors (Lipinski definition) is 1. The molecule has 1 fully saturated rings. The summed E-state index contributed by atoms with van der Waals surface area (Å²) in [6.45, 7) is 6.77. The molecule has 1 aromatic carbocycles. The van der Waals surface area contributed by atoms with E-state index in [-0.39, 0.29) is 17.8 Å². The number of guanidine groups is 1. The summed E-state index contributed by atoms with van der Waals surface area (Å²) in [5, 5.41) is 3.33. The lowest BCUT2D eigenvalue weighted by Crippen LogP contribution is -2.40. The van der Waals surface area contributed by atoms with E-state index in [0.717, 1.165) is 24.6 Å². The van der Waals surface area contributed by atoms with Gasteiger partial charge in [-0.1, -0.05) is 6.92 Å². The molecule has 0 aromatic heterocycles. The summed E-state index contributed by atoms with van der Waals surface area (Å²) >= 11 is 0. The molecule has 0 aliphatic carbocycles. The van der Waals surface area contributed by atoms with Gasteiger partial charge in [-0.05, 0) is 19.3 Å². The van der Waals surface area contributed by atoms with Crippen LogP contribution < -0.4 is 19.5 Å². The summed E-state index contributed by atoms with van der Waals surface area (Å²) in [7, 11) is 6.30. The molecule has 29 heavy (non-hydrogen) atoms. The third-order valence-corrected chi connectivity index (χ3v) is 5.19. The van der Waals surface area contributed by atoms with Crippen LogP contribution in [0.5, 0.6) is 17.2 Å². The average Bonchev–Trinajstić information content (AvgIpc) is 3.13. The second kappa shape index (κ2) is 10.8. The molecular weight excluding hydrogens is 374 g/mol. The first-order valence-electron chi connectivity index (χ1n) is 9.88. The van der Waals surface area contributed by atoms with Crippen molar-refractivity contribution in [3.63, 3.8) is 0 Å². The molecule has 0 saturated carbocycles. The molecule has 0 amide bonds. The lowest BCUT2D eigenvalue weighted by atomic mass is 9.99. The van der Waals surface area contributed by atoms with Gasteiger partial charge < -0.3 is 29.2 Å². The fourth-order valence-corrected chi connectivity index (χ4v) is 3.62. The minimum absolute atomic E-state index is 0.134. The highest BCUT2D eigenvalue weighted by molar-refractivity contribution is 5.82. The number of ether oxygens (including phenoxy) is 4. The van der Waals surface area contributed by atoms with Crippen molar-refractivity contribution in [1.29, 1.82) is 0 Å². The molecule has 1 saturated heterocycles. The normalized spacial score (nSPS) is 19.1. The predicted molar refractivity (Wildman–Crippen MR) is 112 cm³/mol. The van der Waals surface area contributed by atoms with Crippen LogP contribution >= 0.6 is 0 Å². The van der Waals surface area contributed by atoms with Gasteiger partial charge in [0.05, 0.1) is 34.4 Å². The molecule has 0 bridgehead atoms. The van der Waals surface area contributed by atoms with E-state index in [0.29, 0.717) is 36.8 Å². The Morgan fingerprint density at radius 2 is 1.79 bits per heavy atom. The van der Waals surface area contributed by atoms with Gasteiger partial charge in [0.1, 0.15) is 17.2 Å². The molecule has 0 radical (unpaired) electrons. The van der Waals surface area contributed by atoms with Crippen molar-refractivity contribution in [2.24, 2.45) is 16.8 Å². The van der Waals surface area contributed by atoms with Crippen LogP contribution in [0.25, 0.3) is 0 Å². The fraction of sp³-hybridized carbons (Fsp3) is 0.619. The van der Waals surface area contributed by atoms with Gasteiger partial charge in [0.25, 0.3) is 0 Å². The molecule has 2 unspecified atom stereocenters.